The van der Waals surface area contributed by atoms with Gasteiger partial charge >= 0.3 is 0 Å². The molecule has 2 aromatic carbocycles. The van der Waals surface area contributed by atoms with Crippen LogP contribution in [0.5, 0.6) is 5.75 Å². The van der Waals surface area contributed by atoms with Crippen LogP contribution in [0.4, 0.5) is 5.13 Å². The van der Waals surface area contributed by atoms with Gasteiger partial charge in [-0.05, 0) is 24.3 Å². The number of anilines is 1. The molecular weight excluding hydrogens is 322 g/mol. The van der Waals surface area contributed by atoms with Gasteiger partial charge in [0.1, 0.15) is 17.4 Å². The zero-order valence-corrected chi connectivity index (χ0v) is 13.6. The quantitative estimate of drug-likeness (QED) is 0.580. The predicted molar refractivity (Wildman–Crippen MR) is 94.8 cm³/mol. The summed E-state index contributed by atoms with van der Waals surface area (Å²) in [6, 6.07) is 16.7. The van der Waals surface area contributed by atoms with Gasteiger partial charge in [0, 0.05) is 5.56 Å². The minimum Gasteiger partial charge on any atom is -0.496 e. The average molecular weight is 335 g/mol. The molecule has 24 heavy (non-hydrogen) atoms. The maximum absolute atomic E-state index is 12.3. The summed E-state index contributed by atoms with van der Waals surface area (Å²) in [7, 11) is 1.54. The highest BCUT2D eigenvalue weighted by atomic mass is 32.1. The molecule has 0 spiro atoms. The molecule has 1 N–H and O–H groups in total. The lowest BCUT2D eigenvalue weighted by Crippen LogP contribution is -2.13. The minimum atomic E-state index is -0.498. The Kier molecular flexibility index (Phi) is 4.54. The summed E-state index contributed by atoms with van der Waals surface area (Å²) in [5, 5.41) is 12.4. The van der Waals surface area contributed by atoms with Crippen LogP contribution in [-0.4, -0.2) is 18.0 Å². The van der Waals surface area contributed by atoms with E-state index in [0.717, 1.165) is 10.2 Å². The second-order valence-corrected chi connectivity index (χ2v) is 5.88. The number of hydrogen-bond donors (Lipinski definition) is 1. The highest BCUT2D eigenvalue weighted by molar-refractivity contribution is 7.22. The fourth-order valence-electron chi connectivity index (χ4n) is 2.18. The van der Waals surface area contributed by atoms with E-state index in [9.17, 15) is 10.1 Å². The third-order valence-electron chi connectivity index (χ3n) is 3.32. The number of nitriles is 1. The molecule has 0 fully saturated rings. The van der Waals surface area contributed by atoms with Crippen LogP contribution in [0, 0.1) is 11.3 Å². The second kappa shape index (κ2) is 6.94. The first-order valence-corrected chi connectivity index (χ1v) is 7.94. The van der Waals surface area contributed by atoms with E-state index in [0.29, 0.717) is 16.4 Å². The van der Waals surface area contributed by atoms with Crippen molar-refractivity contribution in [2.75, 3.05) is 12.4 Å². The maximum atomic E-state index is 12.3. The number of ether oxygens (including phenoxy) is 1. The van der Waals surface area contributed by atoms with Crippen LogP contribution in [0.3, 0.4) is 0 Å². The molecule has 0 aliphatic rings. The highest BCUT2D eigenvalue weighted by Gasteiger charge is 2.13. The molecule has 1 amide bonds. The van der Waals surface area contributed by atoms with Crippen LogP contribution in [0.1, 0.15) is 5.56 Å². The number of hydrogen-bond acceptors (Lipinski definition) is 5. The van der Waals surface area contributed by atoms with Crippen molar-refractivity contribution in [1.29, 1.82) is 5.26 Å². The predicted octanol–water partition coefficient (Wildman–Crippen LogP) is 3.85. The molecule has 3 aromatic rings. The first kappa shape index (κ1) is 15.7. The van der Waals surface area contributed by atoms with Gasteiger partial charge < -0.3 is 4.74 Å². The van der Waals surface area contributed by atoms with Crippen molar-refractivity contribution >= 4 is 38.7 Å². The lowest BCUT2D eigenvalue weighted by molar-refractivity contribution is -0.112. The van der Waals surface area contributed by atoms with Crippen LogP contribution >= 0.6 is 11.3 Å². The number of benzene rings is 2. The van der Waals surface area contributed by atoms with E-state index in [2.05, 4.69) is 10.3 Å². The number of nitrogens with zero attached hydrogens (tertiary/aromatic N) is 2. The van der Waals surface area contributed by atoms with Gasteiger partial charge in [0.25, 0.3) is 5.91 Å². The highest BCUT2D eigenvalue weighted by Crippen LogP contribution is 2.26. The van der Waals surface area contributed by atoms with E-state index in [-0.39, 0.29) is 5.57 Å². The Morgan fingerprint density at radius 3 is 2.75 bits per heavy atom. The Morgan fingerprint density at radius 1 is 1.25 bits per heavy atom. The number of rotatable bonds is 4. The largest absolute Gasteiger partial charge is 0.496 e. The van der Waals surface area contributed by atoms with Crippen LogP contribution in [-0.2, 0) is 4.79 Å². The Morgan fingerprint density at radius 2 is 2.00 bits per heavy atom. The zero-order chi connectivity index (χ0) is 16.9. The zero-order valence-electron chi connectivity index (χ0n) is 12.8. The molecule has 6 heteroatoms. The summed E-state index contributed by atoms with van der Waals surface area (Å²) in [4.78, 5) is 16.7. The van der Waals surface area contributed by atoms with E-state index in [1.54, 1.807) is 19.2 Å². The number of nitrogens with one attached hydrogen (secondary N) is 1. The Labute approximate surface area is 142 Å². The number of thiazole rings is 1. The summed E-state index contributed by atoms with van der Waals surface area (Å²) >= 11 is 1.36. The van der Waals surface area contributed by atoms with Gasteiger partial charge in [-0.1, -0.05) is 41.7 Å². The summed E-state index contributed by atoms with van der Waals surface area (Å²) in [6.45, 7) is 0. The van der Waals surface area contributed by atoms with Crippen molar-refractivity contribution in [2.24, 2.45) is 0 Å². The minimum absolute atomic E-state index is 0.0150. The maximum Gasteiger partial charge on any atom is 0.268 e. The lowest BCUT2D eigenvalue weighted by atomic mass is 10.1. The normalized spacial score (nSPS) is 11.1. The molecule has 0 aliphatic carbocycles. The number of aromatic nitrogens is 1. The molecular formula is C18H13N3O2S. The molecule has 3 rings (SSSR count). The number of methoxy groups -OCH3 is 1. The molecule has 0 aliphatic heterocycles. The Balaban J connectivity index is 1.86. The SMILES string of the molecule is COc1ccccc1C=C(C#N)C(=O)Nc1nc2ccccc2s1. The van der Waals surface area contributed by atoms with E-state index in [4.69, 9.17) is 4.74 Å². The van der Waals surface area contributed by atoms with Crippen molar-refractivity contribution in [3.8, 4) is 11.8 Å². The Hall–Kier alpha value is -3.17. The fourth-order valence-corrected chi connectivity index (χ4v) is 3.04. The third kappa shape index (κ3) is 3.26. The molecule has 0 bridgehead atoms. The number of carbonyl (C=O) groups excluding carboxylic acids is 1. The van der Waals surface area contributed by atoms with E-state index in [1.165, 1.54) is 17.4 Å². The molecule has 0 radical (unpaired) electrons. The lowest BCUT2D eigenvalue weighted by Gasteiger charge is -2.05. The summed E-state index contributed by atoms with van der Waals surface area (Å²) in [5.74, 6) is 0.0977. The molecule has 1 heterocycles. The van der Waals surface area contributed by atoms with E-state index >= 15 is 0 Å². The van der Waals surface area contributed by atoms with Crippen LogP contribution in [0.15, 0.2) is 54.1 Å². The summed E-state index contributed by atoms with van der Waals surface area (Å²) in [5.41, 5.74) is 1.46. The van der Waals surface area contributed by atoms with Crippen LogP contribution in [0.25, 0.3) is 16.3 Å². The van der Waals surface area contributed by atoms with Crippen molar-refractivity contribution in [1.82, 2.24) is 4.98 Å². The van der Waals surface area contributed by atoms with Gasteiger partial charge in [-0.2, -0.15) is 5.26 Å². The van der Waals surface area contributed by atoms with Gasteiger partial charge in [-0.3, -0.25) is 10.1 Å². The first-order chi connectivity index (χ1) is 11.7. The topological polar surface area (TPSA) is 75.0 Å². The van der Waals surface area contributed by atoms with Gasteiger partial charge in [0.05, 0.1) is 17.3 Å². The Bertz CT molecular complexity index is 937. The number of para-hydroxylation sites is 2. The number of fused-ring (bicyclic) bond motifs is 1. The van der Waals surface area contributed by atoms with Crippen molar-refractivity contribution in [3.05, 3.63) is 59.7 Å². The van der Waals surface area contributed by atoms with Gasteiger partial charge in [0.2, 0.25) is 0 Å². The molecule has 0 atom stereocenters. The van der Waals surface area contributed by atoms with E-state index < -0.39 is 5.91 Å². The smallest absolute Gasteiger partial charge is 0.268 e. The third-order valence-corrected chi connectivity index (χ3v) is 4.27. The monoisotopic (exact) mass is 335 g/mol. The summed E-state index contributed by atoms with van der Waals surface area (Å²) in [6.07, 6.45) is 1.50. The fraction of sp³-hybridized carbons (Fsp3) is 0.0556. The van der Waals surface area contributed by atoms with E-state index in [1.807, 2.05) is 42.5 Å². The van der Waals surface area contributed by atoms with Crippen molar-refractivity contribution in [3.63, 3.8) is 0 Å². The number of carbonyl (C=O) groups is 1. The van der Waals surface area contributed by atoms with Crippen LogP contribution < -0.4 is 10.1 Å². The van der Waals surface area contributed by atoms with Gasteiger partial charge in [0.15, 0.2) is 5.13 Å². The molecule has 5 nitrogen and oxygen atoms in total. The summed E-state index contributed by atoms with van der Waals surface area (Å²) < 4.78 is 6.20. The molecule has 0 saturated carbocycles. The molecule has 0 saturated heterocycles. The standard InChI is InChI=1S/C18H13N3O2S/c1-23-15-8-4-2-6-12(15)10-13(11-19)17(22)21-18-20-14-7-3-5-9-16(14)24-18/h2-10H,1H3,(H,20,21,22). The van der Waals surface area contributed by atoms with Crippen molar-refractivity contribution < 1.29 is 9.53 Å². The second-order valence-electron chi connectivity index (χ2n) is 4.85. The van der Waals surface area contributed by atoms with Gasteiger partial charge in [-0.25, -0.2) is 4.98 Å². The average Bonchev–Trinajstić information content (AvgIpc) is 3.02. The van der Waals surface area contributed by atoms with Gasteiger partial charge in [-0.15, -0.1) is 0 Å². The molecule has 1 aromatic heterocycles. The van der Waals surface area contributed by atoms with Crippen molar-refractivity contribution in [2.45, 2.75) is 0 Å². The van der Waals surface area contributed by atoms with Crippen LogP contribution in [0.2, 0.25) is 0 Å². The molecule has 0 unspecified atom stereocenters. The first-order valence-electron chi connectivity index (χ1n) is 7.13. The number of amides is 1. The molecule has 118 valence electrons.